The van der Waals surface area contributed by atoms with Crippen LogP contribution in [0.1, 0.15) is 38.5 Å². The van der Waals surface area contributed by atoms with E-state index in [9.17, 15) is 8.42 Å². The van der Waals surface area contributed by atoms with E-state index in [0.29, 0.717) is 49.0 Å². The fraction of sp³-hybridized carbons (Fsp3) is 0.520. The number of nitrogens with zero attached hydrogens (tertiary/aromatic N) is 5. The predicted octanol–water partition coefficient (Wildman–Crippen LogP) is 2.96. The molecular weight excluding hydrogens is 494 g/mol. The number of ether oxygens (including phenoxy) is 2. The summed E-state index contributed by atoms with van der Waals surface area (Å²) in [5, 5.41) is 3.79. The molecule has 3 fully saturated rings. The van der Waals surface area contributed by atoms with Crippen molar-refractivity contribution in [1.82, 2.24) is 19.9 Å². The van der Waals surface area contributed by atoms with Crippen molar-refractivity contribution in [3.63, 3.8) is 0 Å². The van der Waals surface area contributed by atoms with Crippen molar-refractivity contribution in [1.29, 1.82) is 0 Å². The lowest BCUT2D eigenvalue weighted by atomic mass is 9.93. The normalized spacial score (nSPS) is 22.5. The Hall–Kier alpha value is -3.25. The van der Waals surface area contributed by atoms with Gasteiger partial charge in [-0.15, -0.1) is 0 Å². The Balaban J connectivity index is 1.23. The van der Waals surface area contributed by atoms with E-state index in [-0.39, 0.29) is 17.4 Å². The maximum absolute atomic E-state index is 12.5. The van der Waals surface area contributed by atoms with Crippen LogP contribution >= 0.6 is 0 Å². The Bertz CT molecular complexity index is 1340. The van der Waals surface area contributed by atoms with Crippen molar-refractivity contribution >= 4 is 38.4 Å². The van der Waals surface area contributed by atoms with Gasteiger partial charge in [0.25, 0.3) is 0 Å². The molecule has 3 aromatic heterocycles. The molecule has 0 radical (unpaired) electrons. The summed E-state index contributed by atoms with van der Waals surface area (Å²) in [5.41, 5.74) is 1.15. The second kappa shape index (κ2) is 10.3. The Kier molecular flexibility index (Phi) is 6.68. The van der Waals surface area contributed by atoms with Crippen LogP contribution in [0, 0.1) is 0 Å². The van der Waals surface area contributed by atoms with Gasteiger partial charge < -0.3 is 19.7 Å². The highest BCUT2D eigenvalue weighted by Crippen LogP contribution is 2.34. The highest BCUT2D eigenvalue weighted by Gasteiger charge is 2.36. The van der Waals surface area contributed by atoms with Crippen molar-refractivity contribution in [2.45, 2.75) is 55.9 Å². The molecule has 0 spiro atoms. The van der Waals surface area contributed by atoms with Gasteiger partial charge in [-0.2, -0.15) is 4.98 Å². The molecule has 2 saturated carbocycles. The highest BCUT2D eigenvalue weighted by molar-refractivity contribution is 7.93. The topological polar surface area (TPSA) is 131 Å². The zero-order chi connectivity index (χ0) is 25.2. The molecule has 1 aliphatic heterocycles. The molecule has 37 heavy (non-hydrogen) atoms. The minimum atomic E-state index is -3.40. The zero-order valence-corrected chi connectivity index (χ0v) is 21.4. The minimum absolute atomic E-state index is 0.00260. The summed E-state index contributed by atoms with van der Waals surface area (Å²) in [6, 6.07) is 5.81. The van der Waals surface area contributed by atoms with Crippen LogP contribution in [-0.4, -0.2) is 72.1 Å². The van der Waals surface area contributed by atoms with E-state index in [2.05, 4.69) is 29.9 Å². The maximum atomic E-state index is 12.5. The molecule has 3 aromatic rings. The quantitative estimate of drug-likeness (QED) is 0.452. The second-order valence-electron chi connectivity index (χ2n) is 9.83. The summed E-state index contributed by atoms with van der Waals surface area (Å²) in [4.78, 5) is 20.2. The van der Waals surface area contributed by atoms with E-state index in [4.69, 9.17) is 14.5 Å². The summed E-state index contributed by atoms with van der Waals surface area (Å²) < 4.78 is 39.7. The van der Waals surface area contributed by atoms with Crippen LogP contribution in [0.5, 0.6) is 5.88 Å². The largest absolute Gasteiger partial charge is 0.474 e. The Morgan fingerprint density at radius 1 is 0.973 bits per heavy atom. The molecular formula is C25H31N7O4S. The lowest BCUT2D eigenvalue weighted by Gasteiger charge is -2.31. The number of sulfonamides is 1. The molecule has 3 aliphatic rings. The summed E-state index contributed by atoms with van der Waals surface area (Å²) in [7, 11) is -3.40. The molecule has 2 N–H and O–H groups in total. The van der Waals surface area contributed by atoms with Gasteiger partial charge in [0.05, 0.1) is 41.3 Å². The fourth-order valence-electron chi connectivity index (χ4n) is 4.85. The van der Waals surface area contributed by atoms with E-state index in [1.54, 1.807) is 30.7 Å². The molecule has 2 aliphatic carbocycles. The molecule has 196 valence electrons. The number of nitrogens with one attached hydrogen (secondary N) is 2. The van der Waals surface area contributed by atoms with Gasteiger partial charge >= 0.3 is 0 Å². The maximum Gasteiger partial charge on any atom is 0.235 e. The molecule has 0 aromatic carbocycles. The number of pyridine rings is 2. The van der Waals surface area contributed by atoms with Gasteiger partial charge in [-0.05, 0) is 50.7 Å². The van der Waals surface area contributed by atoms with Crippen LogP contribution in [0.25, 0.3) is 10.9 Å². The van der Waals surface area contributed by atoms with Crippen molar-refractivity contribution < 1.29 is 17.9 Å². The monoisotopic (exact) mass is 525 g/mol. The number of anilines is 3. The second-order valence-corrected chi connectivity index (χ2v) is 11.8. The predicted molar refractivity (Wildman–Crippen MR) is 140 cm³/mol. The molecule has 4 heterocycles. The van der Waals surface area contributed by atoms with Crippen molar-refractivity contribution in [2.24, 2.45) is 0 Å². The molecule has 0 atom stereocenters. The van der Waals surface area contributed by atoms with Gasteiger partial charge in [0, 0.05) is 37.6 Å². The lowest BCUT2D eigenvalue weighted by Crippen LogP contribution is -2.37. The van der Waals surface area contributed by atoms with Gasteiger partial charge in [0.15, 0.2) is 0 Å². The van der Waals surface area contributed by atoms with Gasteiger partial charge in [-0.3, -0.25) is 9.71 Å². The first kappa shape index (κ1) is 24.1. The number of hydrogen-bond donors (Lipinski definition) is 2. The zero-order valence-electron chi connectivity index (χ0n) is 20.5. The molecule has 0 amide bonds. The highest BCUT2D eigenvalue weighted by atomic mass is 32.2. The van der Waals surface area contributed by atoms with Gasteiger partial charge in [-0.1, -0.05) is 0 Å². The number of hydrogen-bond acceptors (Lipinski definition) is 10. The minimum Gasteiger partial charge on any atom is -0.474 e. The number of fused-ring (bicyclic) bond motifs is 1. The van der Waals surface area contributed by atoms with E-state index < -0.39 is 10.0 Å². The van der Waals surface area contributed by atoms with Gasteiger partial charge in [0.2, 0.25) is 21.9 Å². The Morgan fingerprint density at radius 2 is 1.73 bits per heavy atom. The first-order valence-electron chi connectivity index (χ1n) is 12.9. The van der Waals surface area contributed by atoms with Crippen LogP contribution in [0.3, 0.4) is 0 Å². The average Bonchev–Trinajstić information content (AvgIpc) is 3.78. The van der Waals surface area contributed by atoms with Crippen LogP contribution in [0.4, 0.5) is 17.5 Å². The van der Waals surface area contributed by atoms with Crippen LogP contribution in [-0.2, 0) is 14.8 Å². The number of aromatic nitrogens is 4. The fourth-order valence-corrected chi connectivity index (χ4v) is 6.21. The van der Waals surface area contributed by atoms with E-state index >= 15 is 0 Å². The standard InChI is InChI=1S/C25H31N7O4S/c33-37(34,20-6-7-20)31-18-14-21-22(28-16-18)15-23(32-10-12-35-13-11-32)30-24(21)36-19-4-2-17(3-5-19)29-25-26-8-1-9-27-25/h1,8-9,14-17,19-20,31H,2-7,10-13H2,(H,26,27,29)/t17-,19+. The summed E-state index contributed by atoms with van der Waals surface area (Å²) >= 11 is 0. The molecule has 0 unspecified atom stereocenters. The third-order valence-electron chi connectivity index (χ3n) is 7.04. The molecule has 1 saturated heterocycles. The SMILES string of the molecule is O=S(=O)(Nc1cnc2cc(N3CCOCC3)nc(O[C@H]3CC[C@@H](Nc4ncccn4)CC3)c2c1)C1CC1. The van der Waals surface area contributed by atoms with E-state index in [1.807, 2.05) is 6.07 Å². The van der Waals surface area contributed by atoms with Gasteiger partial charge in [-0.25, -0.2) is 18.4 Å². The average molecular weight is 526 g/mol. The first-order valence-corrected chi connectivity index (χ1v) is 14.4. The molecule has 0 bridgehead atoms. The molecule has 11 nitrogen and oxygen atoms in total. The summed E-state index contributed by atoms with van der Waals surface area (Å²) in [5.74, 6) is 1.92. The molecule has 12 heteroatoms. The summed E-state index contributed by atoms with van der Waals surface area (Å²) in [6.45, 7) is 2.78. The van der Waals surface area contributed by atoms with Crippen molar-refractivity contribution in [3.05, 3.63) is 36.8 Å². The number of morpholine rings is 1. The summed E-state index contributed by atoms with van der Waals surface area (Å²) in [6.07, 6.45) is 9.99. The number of rotatable bonds is 8. The Morgan fingerprint density at radius 3 is 2.46 bits per heavy atom. The van der Waals surface area contributed by atoms with Crippen LogP contribution < -0.4 is 19.7 Å². The van der Waals surface area contributed by atoms with E-state index in [0.717, 1.165) is 50.1 Å². The van der Waals surface area contributed by atoms with Crippen molar-refractivity contribution in [2.75, 3.05) is 41.2 Å². The van der Waals surface area contributed by atoms with Crippen LogP contribution in [0.2, 0.25) is 0 Å². The first-order chi connectivity index (χ1) is 18.0. The van der Waals surface area contributed by atoms with Gasteiger partial charge in [0.1, 0.15) is 11.9 Å². The third-order valence-corrected chi connectivity index (χ3v) is 8.91. The van der Waals surface area contributed by atoms with E-state index in [1.165, 1.54) is 0 Å². The Labute approximate surface area is 216 Å². The lowest BCUT2D eigenvalue weighted by molar-refractivity contribution is 0.122. The smallest absolute Gasteiger partial charge is 0.235 e. The third kappa shape index (κ3) is 5.69. The van der Waals surface area contributed by atoms with Crippen LogP contribution in [0.15, 0.2) is 36.8 Å². The molecule has 6 rings (SSSR count). The van der Waals surface area contributed by atoms with Crippen molar-refractivity contribution in [3.8, 4) is 5.88 Å².